The molecule has 2 rings (SSSR count). The minimum atomic E-state index is -4.32. The highest BCUT2D eigenvalue weighted by atomic mass is 19.4. The number of halogens is 3. The van der Waals surface area contributed by atoms with Gasteiger partial charge in [-0.15, -0.1) is 0 Å². The number of hydrogen-bond donors (Lipinski definition) is 0. The molecule has 118 valence electrons. The van der Waals surface area contributed by atoms with Crippen LogP contribution in [0.25, 0.3) is 0 Å². The van der Waals surface area contributed by atoms with Crippen molar-refractivity contribution in [3.8, 4) is 6.07 Å². The van der Waals surface area contributed by atoms with Crippen LogP contribution in [0.3, 0.4) is 0 Å². The Morgan fingerprint density at radius 2 is 2.14 bits per heavy atom. The average molecular weight is 308 g/mol. The molecule has 0 spiro atoms. The van der Waals surface area contributed by atoms with Gasteiger partial charge in [0.2, 0.25) is 0 Å². The predicted molar refractivity (Wildman–Crippen MR) is 79.1 cm³/mol. The van der Waals surface area contributed by atoms with Crippen LogP contribution in [-0.4, -0.2) is 25.0 Å². The largest absolute Gasteiger partial charge is 0.416 e. The number of benzene rings is 1. The Kier molecular flexibility index (Phi) is 5.25. The summed E-state index contributed by atoms with van der Waals surface area (Å²) < 4.78 is 38.1. The van der Waals surface area contributed by atoms with Crippen LogP contribution in [0.5, 0.6) is 0 Å². The Balaban J connectivity index is 2.01. The molecule has 0 aliphatic carbocycles. The van der Waals surface area contributed by atoms with E-state index >= 15 is 0 Å². The first-order valence-electron chi connectivity index (χ1n) is 7.33. The molecule has 0 saturated heterocycles. The van der Waals surface area contributed by atoms with E-state index in [0.717, 1.165) is 31.1 Å². The van der Waals surface area contributed by atoms with Gasteiger partial charge < -0.3 is 4.90 Å². The predicted octanol–water partition coefficient (Wildman–Crippen LogP) is 4.04. The summed E-state index contributed by atoms with van der Waals surface area (Å²) in [5.41, 5.74) is 1.12. The lowest BCUT2D eigenvalue weighted by Crippen LogP contribution is -2.26. The molecule has 1 heterocycles. The molecular weight excluding hydrogens is 289 g/mol. The van der Waals surface area contributed by atoms with Crippen LogP contribution in [0.15, 0.2) is 35.9 Å². The van der Waals surface area contributed by atoms with E-state index in [9.17, 15) is 18.4 Å². The van der Waals surface area contributed by atoms with Crippen LogP contribution in [0.4, 0.5) is 13.2 Å². The van der Waals surface area contributed by atoms with Gasteiger partial charge in [0.25, 0.3) is 0 Å². The van der Waals surface area contributed by atoms with Gasteiger partial charge in [-0.2, -0.15) is 18.4 Å². The summed E-state index contributed by atoms with van der Waals surface area (Å²) in [6.07, 6.45) is -0.343. The molecule has 0 aromatic heterocycles. The maximum Gasteiger partial charge on any atom is 0.416 e. The lowest BCUT2D eigenvalue weighted by atomic mass is 9.89. The fourth-order valence-electron chi connectivity index (χ4n) is 2.65. The van der Waals surface area contributed by atoms with Gasteiger partial charge in [-0.25, -0.2) is 0 Å². The van der Waals surface area contributed by atoms with Crippen LogP contribution < -0.4 is 0 Å². The summed E-state index contributed by atoms with van der Waals surface area (Å²) in [4.78, 5) is 2.17. The molecule has 0 fully saturated rings. The topological polar surface area (TPSA) is 27.0 Å². The maximum absolute atomic E-state index is 12.7. The number of rotatable bonds is 4. The molecule has 1 atom stereocenters. The van der Waals surface area contributed by atoms with Crippen LogP contribution >= 0.6 is 0 Å². The van der Waals surface area contributed by atoms with Crippen molar-refractivity contribution in [1.82, 2.24) is 4.90 Å². The van der Waals surface area contributed by atoms with E-state index in [1.165, 1.54) is 12.1 Å². The monoisotopic (exact) mass is 308 g/mol. The zero-order valence-electron chi connectivity index (χ0n) is 12.5. The summed E-state index contributed by atoms with van der Waals surface area (Å²) in [7, 11) is 2.03. The molecule has 0 amide bonds. The molecule has 2 nitrogen and oxygen atoms in total. The molecule has 1 aromatic carbocycles. The van der Waals surface area contributed by atoms with Crippen molar-refractivity contribution in [2.75, 3.05) is 20.1 Å². The molecule has 22 heavy (non-hydrogen) atoms. The molecular formula is C17H19F3N2. The Labute approximate surface area is 128 Å². The Bertz CT molecular complexity index is 584. The lowest BCUT2D eigenvalue weighted by molar-refractivity contribution is -0.137. The molecule has 5 heteroatoms. The molecule has 0 radical (unpaired) electrons. The number of aryl methyl sites for hydroxylation is 1. The van der Waals surface area contributed by atoms with Crippen LogP contribution in [0.1, 0.15) is 24.0 Å². The fourth-order valence-corrected chi connectivity index (χ4v) is 2.65. The molecule has 0 N–H and O–H groups in total. The van der Waals surface area contributed by atoms with Gasteiger partial charge in [-0.3, -0.25) is 0 Å². The lowest BCUT2D eigenvalue weighted by Gasteiger charge is -2.24. The Morgan fingerprint density at radius 1 is 1.36 bits per heavy atom. The fraction of sp³-hybridized carbons (Fsp3) is 0.471. The molecule has 0 saturated carbocycles. The minimum Gasteiger partial charge on any atom is -0.302 e. The molecule has 1 aliphatic heterocycles. The molecule has 1 unspecified atom stereocenters. The van der Waals surface area contributed by atoms with E-state index in [4.69, 9.17) is 0 Å². The Hall–Kier alpha value is -1.80. The van der Waals surface area contributed by atoms with Crippen molar-refractivity contribution in [2.24, 2.45) is 5.92 Å². The first kappa shape index (κ1) is 16.6. The average Bonchev–Trinajstić information content (AvgIpc) is 2.49. The summed E-state index contributed by atoms with van der Waals surface area (Å²) in [6.45, 7) is 1.75. The molecule has 0 bridgehead atoms. The van der Waals surface area contributed by atoms with Gasteiger partial charge in [-0.05, 0) is 37.9 Å². The summed E-state index contributed by atoms with van der Waals surface area (Å²) in [6, 6.07) is 7.66. The van der Waals surface area contributed by atoms with Gasteiger partial charge in [0, 0.05) is 13.1 Å². The minimum absolute atomic E-state index is 0.205. The SMILES string of the molecule is CN1CC=C(C(C#N)CCc2cccc(C(F)(F)F)c2)CC1. The van der Waals surface area contributed by atoms with E-state index in [1.807, 2.05) is 7.05 Å². The second kappa shape index (κ2) is 6.97. The smallest absolute Gasteiger partial charge is 0.302 e. The van der Waals surface area contributed by atoms with Crippen molar-refractivity contribution in [1.29, 1.82) is 5.26 Å². The van der Waals surface area contributed by atoms with E-state index in [0.29, 0.717) is 18.4 Å². The quantitative estimate of drug-likeness (QED) is 0.785. The van der Waals surface area contributed by atoms with Crippen molar-refractivity contribution in [3.05, 3.63) is 47.0 Å². The van der Waals surface area contributed by atoms with Crippen molar-refractivity contribution >= 4 is 0 Å². The normalized spacial score (nSPS) is 17.7. The zero-order valence-corrected chi connectivity index (χ0v) is 12.5. The zero-order chi connectivity index (χ0) is 16.2. The van der Waals surface area contributed by atoms with Crippen LogP contribution in [-0.2, 0) is 12.6 Å². The van der Waals surface area contributed by atoms with Crippen molar-refractivity contribution in [3.63, 3.8) is 0 Å². The van der Waals surface area contributed by atoms with Crippen LogP contribution in [0, 0.1) is 17.2 Å². The molecule has 1 aliphatic rings. The summed E-state index contributed by atoms with van der Waals surface area (Å²) in [5, 5.41) is 9.32. The van der Waals surface area contributed by atoms with E-state index in [2.05, 4.69) is 17.0 Å². The number of hydrogen-bond acceptors (Lipinski definition) is 2. The number of nitrogens with zero attached hydrogens (tertiary/aromatic N) is 2. The second-order valence-electron chi connectivity index (χ2n) is 5.71. The van der Waals surface area contributed by atoms with Gasteiger partial charge in [0.1, 0.15) is 0 Å². The summed E-state index contributed by atoms with van der Waals surface area (Å²) >= 11 is 0. The van der Waals surface area contributed by atoms with E-state index in [1.54, 1.807) is 6.07 Å². The van der Waals surface area contributed by atoms with Crippen LogP contribution in [0.2, 0.25) is 0 Å². The highest BCUT2D eigenvalue weighted by molar-refractivity contribution is 5.26. The van der Waals surface area contributed by atoms with E-state index in [-0.39, 0.29) is 5.92 Å². The number of alkyl halides is 3. The van der Waals surface area contributed by atoms with Gasteiger partial charge in [0.05, 0.1) is 17.6 Å². The Morgan fingerprint density at radius 3 is 2.73 bits per heavy atom. The number of nitriles is 1. The van der Waals surface area contributed by atoms with Gasteiger partial charge >= 0.3 is 6.18 Å². The van der Waals surface area contributed by atoms with Gasteiger partial charge in [0.15, 0.2) is 0 Å². The molecule has 1 aromatic rings. The third kappa shape index (κ3) is 4.35. The number of likely N-dealkylation sites (N-methyl/N-ethyl adjacent to an activating group) is 1. The highest BCUT2D eigenvalue weighted by Gasteiger charge is 2.30. The first-order chi connectivity index (χ1) is 10.4. The third-order valence-corrected chi connectivity index (χ3v) is 4.03. The van der Waals surface area contributed by atoms with Crippen molar-refractivity contribution < 1.29 is 13.2 Å². The first-order valence-corrected chi connectivity index (χ1v) is 7.33. The van der Waals surface area contributed by atoms with E-state index < -0.39 is 11.7 Å². The second-order valence-corrected chi connectivity index (χ2v) is 5.71. The highest BCUT2D eigenvalue weighted by Crippen LogP contribution is 2.30. The summed E-state index contributed by atoms with van der Waals surface area (Å²) in [5.74, 6) is -0.205. The third-order valence-electron chi connectivity index (χ3n) is 4.03. The van der Waals surface area contributed by atoms with Crippen molar-refractivity contribution in [2.45, 2.75) is 25.4 Å². The standard InChI is InChI=1S/C17H19F3N2/c1-22-9-7-14(8-10-22)15(12-21)6-5-13-3-2-4-16(11-13)17(18,19)20/h2-4,7,11,15H,5-6,8-10H2,1H3. The van der Waals surface area contributed by atoms with Gasteiger partial charge in [-0.1, -0.05) is 29.8 Å². The maximum atomic E-state index is 12.7.